The molecule has 7 heteroatoms. The van der Waals surface area contributed by atoms with Gasteiger partial charge in [-0.15, -0.1) is 0 Å². The lowest BCUT2D eigenvalue weighted by atomic mass is 10.2. The van der Waals surface area contributed by atoms with Gasteiger partial charge >= 0.3 is 6.09 Å². The maximum Gasteiger partial charge on any atom is 0.416 e. The molecule has 0 radical (unpaired) electrons. The molecule has 0 N–H and O–H groups in total. The largest absolute Gasteiger partial charge is 0.416 e. The Morgan fingerprint density at radius 2 is 1.97 bits per heavy atom. The van der Waals surface area contributed by atoms with Crippen molar-refractivity contribution in [1.29, 1.82) is 0 Å². The summed E-state index contributed by atoms with van der Waals surface area (Å²) in [6.07, 6.45) is 6.37. The molecule has 1 aliphatic carbocycles. The Kier molecular flexibility index (Phi) is 6.64. The van der Waals surface area contributed by atoms with Gasteiger partial charge in [0.25, 0.3) is 0 Å². The number of aromatic nitrogens is 2. The van der Waals surface area contributed by atoms with Gasteiger partial charge in [-0.1, -0.05) is 43.5 Å². The highest BCUT2D eigenvalue weighted by Crippen LogP contribution is 2.52. The highest BCUT2D eigenvalue weighted by molar-refractivity contribution is 6.30. The zero-order valence-corrected chi connectivity index (χ0v) is 18.6. The molecule has 2 fully saturated rings. The summed E-state index contributed by atoms with van der Waals surface area (Å²) < 4.78 is 7.30. The number of imidazole rings is 1. The summed E-state index contributed by atoms with van der Waals surface area (Å²) in [5.74, 6) is 2.33. The van der Waals surface area contributed by atoms with Crippen LogP contribution in [0, 0.1) is 17.8 Å². The van der Waals surface area contributed by atoms with Gasteiger partial charge in [0.1, 0.15) is 0 Å². The number of aryl methyl sites for hydroxylation is 1. The molecule has 2 atom stereocenters. The molecule has 4 rings (SSSR count). The molecule has 1 aromatic carbocycles. The maximum absolute atomic E-state index is 12.8. The van der Waals surface area contributed by atoms with Crippen molar-refractivity contribution in [2.24, 2.45) is 24.8 Å². The minimum Gasteiger partial charge on any atom is -0.389 e. The van der Waals surface area contributed by atoms with Gasteiger partial charge in [0, 0.05) is 44.8 Å². The first-order valence-corrected chi connectivity index (χ1v) is 11.3. The van der Waals surface area contributed by atoms with E-state index in [4.69, 9.17) is 16.3 Å². The van der Waals surface area contributed by atoms with Crippen LogP contribution in [-0.4, -0.2) is 51.6 Å². The van der Waals surface area contributed by atoms with E-state index in [9.17, 15) is 4.79 Å². The summed E-state index contributed by atoms with van der Waals surface area (Å²) in [6.45, 7) is 6.91. The highest BCUT2D eigenvalue weighted by atomic mass is 35.5. The van der Waals surface area contributed by atoms with Crippen LogP contribution in [0.2, 0.25) is 5.02 Å². The first-order chi connectivity index (χ1) is 14.5. The molecule has 1 saturated carbocycles. The van der Waals surface area contributed by atoms with E-state index in [1.54, 1.807) is 17.1 Å². The predicted octanol–water partition coefficient (Wildman–Crippen LogP) is 4.44. The molecule has 6 nitrogen and oxygen atoms in total. The third-order valence-corrected chi connectivity index (χ3v) is 6.61. The summed E-state index contributed by atoms with van der Waals surface area (Å²) >= 11 is 5.99. The number of benzene rings is 1. The third kappa shape index (κ3) is 5.16. The minimum absolute atomic E-state index is 0.271. The molecular formula is C23H31ClN4O2. The smallest absolute Gasteiger partial charge is 0.389 e. The van der Waals surface area contributed by atoms with E-state index in [-0.39, 0.29) is 6.09 Å². The summed E-state index contributed by atoms with van der Waals surface area (Å²) in [5, 5.41) is 0.781. The molecule has 30 heavy (non-hydrogen) atoms. The van der Waals surface area contributed by atoms with Crippen molar-refractivity contribution < 1.29 is 9.53 Å². The fourth-order valence-corrected chi connectivity index (χ4v) is 4.77. The molecule has 0 bridgehead atoms. The number of halogens is 1. The van der Waals surface area contributed by atoms with Gasteiger partial charge < -0.3 is 14.2 Å². The van der Waals surface area contributed by atoms with Gasteiger partial charge in [0.2, 0.25) is 5.88 Å². The van der Waals surface area contributed by atoms with Gasteiger partial charge in [0.05, 0.1) is 12.5 Å². The molecule has 1 amide bonds. The van der Waals surface area contributed by atoms with Crippen molar-refractivity contribution in [3.05, 3.63) is 47.4 Å². The molecule has 0 spiro atoms. The normalized spacial score (nSPS) is 22.7. The quantitative estimate of drug-likeness (QED) is 0.552. The average molecular weight is 431 g/mol. The standard InChI is InChI=1S/C23H31ClN4O2/c1-3-4-5-10-28(23(29)30-22-15-26(2)16-25-22)14-21-19-12-27(13-20(19)21)11-17-6-8-18(24)9-7-17/h6-9,15-16,19-21H,3-5,10-14H2,1-2H3. The van der Waals surface area contributed by atoms with Crippen molar-refractivity contribution in [2.75, 3.05) is 26.2 Å². The summed E-state index contributed by atoms with van der Waals surface area (Å²) in [5.41, 5.74) is 1.30. The number of carbonyl (C=O) groups is 1. The van der Waals surface area contributed by atoms with E-state index in [0.717, 1.165) is 57.0 Å². The van der Waals surface area contributed by atoms with Crippen LogP contribution >= 0.6 is 11.6 Å². The Morgan fingerprint density at radius 1 is 1.23 bits per heavy atom. The second kappa shape index (κ2) is 9.40. The van der Waals surface area contributed by atoms with Gasteiger partial charge in [-0.05, 0) is 41.9 Å². The second-order valence-corrected chi connectivity index (χ2v) is 9.15. The Morgan fingerprint density at radius 3 is 2.60 bits per heavy atom. The number of likely N-dealkylation sites (tertiary alicyclic amines) is 1. The van der Waals surface area contributed by atoms with Crippen molar-refractivity contribution in [3.63, 3.8) is 0 Å². The SMILES string of the molecule is CCCCCN(CC1C2CN(Cc3ccc(Cl)cc3)CC21)C(=O)Oc1cn(C)cn1. The molecule has 2 unspecified atom stereocenters. The van der Waals surface area contributed by atoms with Gasteiger partial charge in [-0.25, -0.2) is 9.78 Å². The van der Waals surface area contributed by atoms with Crippen molar-refractivity contribution in [1.82, 2.24) is 19.4 Å². The number of carbonyl (C=O) groups excluding carboxylic acids is 1. The van der Waals surface area contributed by atoms with E-state index in [1.807, 2.05) is 24.1 Å². The van der Waals surface area contributed by atoms with E-state index in [1.165, 1.54) is 5.56 Å². The minimum atomic E-state index is -0.271. The van der Waals surface area contributed by atoms with Crippen LogP contribution < -0.4 is 4.74 Å². The number of hydrogen-bond donors (Lipinski definition) is 0. The number of piperidine rings is 1. The lowest BCUT2D eigenvalue weighted by Crippen LogP contribution is -2.38. The Bertz CT molecular complexity index is 841. The van der Waals surface area contributed by atoms with Crippen molar-refractivity contribution >= 4 is 17.7 Å². The zero-order chi connectivity index (χ0) is 21.1. The number of hydrogen-bond acceptors (Lipinski definition) is 4. The van der Waals surface area contributed by atoms with Gasteiger partial charge in [-0.2, -0.15) is 0 Å². The van der Waals surface area contributed by atoms with Crippen LogP contribution in [0.5, 0.6) is 5.88 Å². The number of rotatable bonds is 9. The molecule has 162 valence electrons. The molecule has 2 aliphatic rings. The van der Waals surface area contributed by atoms with Crippen molar-refractivity contribution in [2.45, 2.75) is 32.7 Å². The third-order valence-electron chi connectivity index (χ3n) is 6.36. The second-order valence-electron chi connectivity index (χ2n) is 8.71. The Hall–Kier alpha value is -2.05. The van der Waals surface area contributed by atoms with Crippen LogP contribution in [0.15, 0.2) is 36.8 Å². The molecular weight excluding hydrogens is 400 g/mol. The fraction of sp³-hybridized carbons (Fsp3) is 0.565. The molecule has 1 aromatic heterocycles. The van der Waals surface area contributed by atoms with E-state index < -0.39 is 0 Å². The first-order valence-electron chi connectivity index (χ1n) is 10.9. The fourth-order valence-electron chi connectivity index (χ4n) is 4.64. The van der Waals surface area contributed by atoms with Crippen molar-refractivity contribution in [3.8, 4) is 5.88 Å². The number of fused-ring (bicyclic) bond motifs is 1. The first kappa shape index (κ1) is 21.2. The lowest BCUT2D eigenvalue weighted by molar-refractivity contribution is 0.143. The molecule has 2 aromatic rings. The van der Waals surface area contributed by atoms with E-state index in [0.29, 0.717) is 23.6 Å². The Balaban J connectivity index is 1.28. The maximum atomic E-state index is 12.8. The molecule has 1 saturated heterocycles. The van der Waals surface area contributed by atoms with Crippen LogP contribution in [0.4, 0.5) is 4.79 Å². The Labute approximate surface area is 183 Å². The highest BCUT2D eigenvalue weighted by Gasteiger charge is 2.55. The van der Waals surface area contributed by atoms with Crippen LogP contribution in [0.1, 0.15) is 31.7 Å². The number of ether oxygens (including phenoxy) is 1. The van der Waals surface area contributed by atoms with E-state index in [2.05, 4.69) is 28.9 Å². The molecule has 2 heterocycles. The number of amides is 1. The summed E-state index contributed by atoms with van der Waals surface area (Å²) in [7, 11) is 1.87. The van der Waals surface area contributed by atoms with Crippen LogP contribution in [0.3, 0.4) is 0 Å². The van der Waals surface area contributed by atoms with Gasteiger partial charge in [0.15, 0.2) is 0 Å². The molecule has 1 aliphatic heterocycles. The monoisotopic (exact) mass is 430 g/mol. The average Bonchev–Trinajstić information content (AvgIpc) is 3.04. The topological polar surface area (TPSA) is 50.6 Å². The lowest BCUT2D eigenvalue weighted by Gasteiger charge is -2.24. The summed E-state index contributed by atoms with van der Waals surface area (Å²) in [6, 6.07) is 8.12. The number of unbranched alkanes of at least 4 members (excludes halogenated alkanes) is 2. The van der Waals surface area contributed by atoms with Crippen LogP contribution in [0.25, 0.3) is 0 Å². The zero-order valence-electron chi connectivity index (χ0n) is 17.8. The number of nitrogens with zero attached hydrogens (tertiary/aromatic N) is 4. The summed E-state index contributed by atoms with van der Waals surface area (Å²) in [4.78, 5) is 21.3. The predicted molar refractivity (Wildman–Crippen MR) is 118 cm³/mol. The van der Waals surface area contributed by atoms with Gasteiger partial charge in [-0.3, -0.25) is 4.90 Å². The van der Waals surface area contributed by atoms with E-state index >= 15 is 0 Å². The van der Waals surface area contributed by atoms with Crippen LogP contribution in [-0.2, 0) is 13.6 Å².